The van der Waals surface area contributed by atoms with E-state index < -0.39 is 0 Å². The van der Waals surface area contributed by atoms with Crippen molar-refractivity contribution in [1.82, 2.24) is 0 Å². The minimum atomic E-state index is 0.0186. The molecule has 4 heteroatoms. The van der Waals surface area contributed by atoms with Gasteiger partial charge in [0.1, 0.15) is 0 Å². The van der Waals surface area contributed by atoms with Gasteiger partial charge in [-0.1, -0.05) is 6.92 Å². The van der Waals surface area contributed by atoms with Gasteiger partial charge in [-0.25, -0.2) is 0 Å². The molecule has 0 aliphatic carbocycles. The van der Waals surface area contributed by atoms with Crippen molar-refractivity contribution in [3.63, 3.8) is 0 Å². The maximum atomic E-state index is 11.5. The Morgan fingerprint density at radius 3 is 2.94 bits per heavy atom. The molecule has 1 aromatic carbocycles. The minimum absolute atomic E-state index is 0.0186. The zero-order chi connectivity index (χ0) is 12.4. The fraction of sp³-hybridized carbons (Fsp3) is 0.385. The molecule has 4 nitrogen and oxygen atoms in total. The van der Waals surface area contributed by atoms with Crippen LogP contribution < -0.4 is 10.2 Å². The van der Waals surface area contributed by atoms with Crippen LogP contribution in [0.3, 0.4) is 0 Å². The van der Waals surface area contributed by atoms with Crippen LogP contribution >= 0.6 is 0 Å². The van der Waals surface area contributed by atoms with Crippen LogP contribution in [0, 0.1) is 0 Å². The lowest BCUT2D eigenvalue weighted by molar-refractivity contribution is -0.117. The summed E-state index contributed by atoms with van der Waals surface area (Å²) in [6, 6.07) is 5.59. The standard InChI is InChI=1S/C13H16N2O2/c1-3-4-12(16)14-10-5-6-11-9(7-10)8-13(17)15(11)2/h5-7H,3-4,8H2,1-2H3,(H,14,16). The molecule has 1 N–H and O–H groups in total. The van der Waals surface area contributed by atoms with Crippen molar-refractivity contribution < 1.29 is 9.59 Å². The van der Waals surface area contributed by atoms with Gasteiger partial charge in [0.2, 0.25) is 11.8 Å². The Balaban J connectivity index is 2.16. The number of nitrogens with zero attached hydrogens (tertiary/aromatic N) is 1. The molecule has 0 unspecified atom stereocenters. The fourth-order valence-corrected chi connectivity index (χ4v) is 2.00. The maximum Gasteiger partial charge on any atom is 0.231 e. The van der Waals surface area contributed by atoms with E-state index in [0.29, 0.717) is 12.8 Å². The number of carbonyl (C=O) groups excluding carboxylic acids is 2. The topological polar surface area (TPSA) is 49.4 Å². The summed E-state index contributed by atoms with van der Waals surface area (Å²) in [6.07, 6.45) is 1.78. The normalized spacial score (nSPS) is 13.8. The van der Waals surface area contributed by atoms with E-state index in [1.807, 2.05) is 25.1 Å². The van der Waals surface area contributed by atoms with Crippen molar-refractivity contribution in [2.24, 2.45) is 0 Å². The fourth-order valence-electron chi connectivity index (χ4n) is 2.00. The van der Waals surface area contributed by atoms with E-state index >= 15 is 0 Å². The van der Waals surface area contributed by atoms with Gasteiger partial charge >= 0.3 is 0 Å². The van der Waals surface area contributed by atoms with Crippen molar-refractivity contribution in [3.8, 4) is 0 Å². The summed E-state index contributed by atoms with van der Waals surface area (Å²) in [7, 11) is 1.77. The molecular formula is C13H16N2O2. The lowest BCUT2D eigenvalue weighted by Gasteiger charge is -2.11. The summed E-state index contributed by atoms with van der Waals surface area (Å²) in [5.41, 5.74) is 2.68. The number of rotatable bonds is 3. The van der Waals surface area contributed by atoms with Crippen molar-refractivity contribution >= 4 is 23.2 Å². The van der Waals surface area contributed by atoms with Gasteiger partial charge in [0, 0.05) is 24.8 Å². The summed E-state index contributed by atoms with van der Waals surface area (Å²) in [5, 5.41) is 2.83. The molecule has 1 aliphatic heterocycles. The van der Waals surface area contributed by atoms with Crippen LogP contribution in [0.25, 0.3) is 0 Å². The number of amides is 2. The Morgan fingerprint density at radius 1 is 1.47 bits per heavy atom. The minimum Gasteiger partial charge on any atom is -0.326 e. The van der Waals surface area contributed by atoms with Gasteiger partial charge in [-0.3, -0.25) is 9.59 Å². The SMILES string of the molecule is CCCC(=O)Nc1ccc2c(c1)CC(=O)N2C. The number of likely N-dealkylation sites (N-methyl/N-ethyl adjacent to an activating group) is 1. The van der Waals surface area contributed by atoms with E-state index in [-0.39, 0.29) is 11.8 Å². The largest absolute Gasteiger partial charge is 0.326 e. The number of nitrogens with one attached hydrogen (secondary N) is 1. The van der Waals surface area contributed by atoms with E-state index in [1.165, 1.54) is 0 Å². The summed E-state index contributed by atoms with van der Waals surface area (Å²) in [6.45, 7) is 1.97. The van der Waals surface area contributed by atoms with Gasteiger partial charge in [-0.15, -0.1) is 0 Å². The van der Waals surface area contributed by atoms with E-state index in [2.05, 4.69) is 5.32 Å². The van der Waals surface area contributed by atoms with Crippen LogP contribution in [0.1, 0.15) is 25.3 Å². The molecular weight excluding hydrogens is 216 g/mol. The van der Waals surface area contributed by atoms with E-state index in [0.717, 1.165) is 23.4 Å². The number of carbonyl (C=O) groups is 2. The van der Waals surface area contributed by atoms with E-state index in [9.17, 15) is 9.59 Å². The second-order valence-electron chi connectivity index (χ2n) is 4.27. The van der Waals surface area contributed by atoms with Crippen molar-refractivity contribution in [3.05, 3.63) is 23.8 Å². The molecule has 1 aliphatic rings. The van der Waals surface area contributed by atoms with Gasteiger partial charge < -0.3 is 10.2 Å². The van der Waals surface area contributed by atoms with Crippen LogP contribution in [0.2, 0.25) is 0 Å². The number of benzene rings is 1. The third-order valence-electron chi connectivity index (χ3n) is 2.92. The van der Waals surface area contributed by atoms with Crippen LogP contribution in [0.5, 0.6) is 0 Å². The van der Waals surface area contributed by atoms with Gasteiger partial charge in [-0.05, 0) is 30.2 Å². The molecule has 1 heterocycles. The molecule has 17 heavy (non-hydrogen) atoms. The third-order valence-corrected chi connectivity index (χ3v) is 2.92. The molecule has 0 radical (unpaired) electrons. The highest BCUT2D eigenvalue weighted by atomic mass is 16.2. The first-order valence-corrected chi connectivity index (χ1v) is 5.81. The molecule has 0 aromatic heterocycles. The number of fused-ring (bicyclic) bond motifs is 1. The van der Waals surface area contributed by atoms with E-state index in [4.69, 9.17) is 0 Å². The second-order valence-corrected chi connectivity index (χ2v) is 4.27. The van der Waals surface area contributed by atoms with Gasteiger partial charge in [0.25, 0.3) is 0 Å². The molecule has 0 bridgehead atoms. The highest BCUT2D eigenvalue weighted by Crippen LogP contribution is 2.29. The average Bonchev–Trinajstić information content (AvgIpc) is 2.55. The molecule has 0 saturated heterocycles. The van der Waals surface area contributed by atoms with Gasteiger partial charge in [0.05, 0.1) is 6.42 Å². The predicted octanol–water partition coefficient (Wildman–Crippen LogP) is 1.94. The lowest BCUT2D eigenvalue weighted by atomic mass is 10.1. The number of hydrogen-bond donors (Lipinski definition) is 1. The van der Waals surface area contributed by atoms with Crippen LogP contribution in [0.15, 0.2) is 18.2 Å². The second kappa shape index (κ2) is 4.57. The maximum absolute atomic E-state index is 11.5. The Bertz CT molecular complexity index is 468. The first-order valence-electron chi connectivity index (χ1n) is 5.81. The van der Waals surface area contributed by atoms with Crippen molar-refractivity contribution in [2.45, 2.75) is 26.2 Å². The third kappa shape index (κ3) is 2.30. The van der Waals surface area contributed by atoms with Gasteiger partial charge in [-0.2, -0.15) is 0 Å². The monoisotopic (exact) mass is 232 g/mol. The van der Waals surface area contributed by atoms with Crippen molar-refractivity contribution in [2.75, 3.05) is 17.3 Å². The highest BCUT2D eigenvalue weighted by molar-refractivity contribution is 6.02. The molecule has 2 rings (SSSR count). The van der Waals surface area contributed by atoms with Crippen LogP contribution in [0.4, 0.5) is 11.4 Å². The summed E-state index contributed by atoms with van der Waals surface area (Å²) in [4.78, 5) is 24.6. The first-order chi connectivity index (χ1) is 8.11. The Labute approximate surface area is 101 Å². The zero-order valence-electron chi connectivity index (χ0n) is 10.1. The predicted molar refractivity (Wildman–Crippen MR) is 67.1 cm³/mol. The summed E-state index contributed by atoms with van der Waals surface area (Å²) < 4.78 is 0. The summed E-state index contributed by atoms with van der Waals surface area (Å²) in [5.74, 6) is 0.113. The molecule has 0 atom stereocenters. The quantitative estimate of drug-likeness (QED) is 0.865. The smallest absolute Gasteiger partial charge is 0.231 e. The van der Waals surface area contributed by atoms with Crippen LogP contribution in [-0.4, -0.2) is 18.9 Å². The molecule has 90 valence electrons. The lowest BCUT2D eigenvalue weighted by Crippen LogP contribution is -2.20. The molecule has 2 amide bonds. The molecule has 0 saturated carbocycles. The first kappa shape index (κ1) is 11.6. The van der Waals surface area contributed by atoms with E-state index in [1.54, 1.807) is 11.9 Å². The number of anilines is 2. The average molecular weight is 232 g/mol. The van der Waals surface area contributed by atoms with Gasteiger partial charge in [0.15, 0.2) is 0 Å². The Hall–Kier alpha value is -1.84. The molecule has 0 fully saturated rings. The molecule has 1 aromatic rings. The summed E-state index contributed by atoms with van der Waals surface area (Å²) >= 11 is 0. The zero-order valence-corrected chi connectivity index (χ0v) is 10.1. The van der Waals surface area contributed by atoms with Crippen LogP contribution in [-0.2, 0) is 16.0 Å². The number of hydrogen-bond acceptors (Lipinski definition) is 2. The Morgan fingerprint density at radius 2 is 2.24 bits per heavy atom. The van der Waals surface area contributed by atoms with Crippen molar-refractivity contribution in [1.29, 1.82) is 0 Å². The molecule has 0 spiro atoms. The Kier molecular flexibility index (Phi) is 3.13. The highest BCUT2D eigenvalue weighted by Gasteiger charge is 2.23.